The predicted molar refractivity (Wildman–Crippen MR) is 81.0 cm³/mol. The van der Waals surface area contributed by atoms with Gasteiger partial charge in [0, 0.05) is 16.1 Å². The average Bonchev–Trinajstić information content (AvgIpc) is 2.81. The van der Waals surface area contributed by atoms with Gasteiger partial charge in [0.05, 0.1) is 17.6 Å². The van der Waals surface area contributed by atoms with Gasteiger partial charge in [0.2, 0.25) is 0 Å². The van der Waals surface area contributed by atoms with E-state index in [4.69, 9.17) is 5.73 Å². The van der Waals surface area contributed by atoms with E-state index >= 15 is 0 Å². The quantitative estimate of drug-likeness (QED) is 0.754. The normalized spacial score (nSPS) is 10.8. The Balaban J connectivity index is 2.10. The number of nitrogens with zero attached hydrogens (tertiary/aromatic N) is 2. The summed E-state index contributed by atoms with van der Waals surface area (Å²) in [6.07, 6.45) is 1.60. The highest BCUT2D eigenvalue weighted by Gasteiger charge is 2.14. The molecule has 3 rings (SSSR count). The van der Waals surface area contributed by atoms with Gasteiger partial charge in [0.25, 0.3) is 0 Å². The molecule has 2 N–H and O–H groups in total. The molecule has 0 unspecified atom stereocenters. The van der Waals surface area contributed by atoms with Crippen molar-refractivity contribution in [3.05, 3.63) is 64.8 Å². The summed E-state index contributed by atoms with van der Waals surface area (Å²) < 4.78 is 29.3. The van der Waals surface area contributed by atoms with Crippen molar-refractivity contribution in [1.82, 2.24) is 9.78 Å². The number of anilines is 1. The van der Waals surface area contributed by atoms with Gasteiger partial charge in [-0.15, -0.1) is 0 Å². The summed E-state index contributed by atoms with van der Waals surface area (Å²) in [6.45, 7) is 0. The molecule has 1 heterocycles. The molecule has 0 aliphatic carbocycles. The zero-order valence-electron chi connectivity index (χ0n) is 10.7. The van der Waals surface area contributed by atoms with Crippen molar-refractivity contribution in [2.24, 2.45) is 0 Å². The molecule has 0 saturated carbocycles. The molecule has 21 heavy (non-hydrogen) atoms. The van der Waals surface area contributed by atoms with E-state index in [2.05, 4.69) is 21.0 Å². The number of benzene rings is 2. The second kappa shape index (κ2) is 5.29. The minimum Gasteiger partial charge on any atom is -0.396 e. The van der Waals surface area contributed by atoms with E-state index in [0.717, 1.165) is 16.2 Å². The van der Waals surface area contributed by atoms with Gasteiger partial charge in [0.15, 0.2) is 0 Å². The fourth-order valence-electron chi connectivity index (χ4n) is 2.03. The van der Waals surface area contributed by atoms with Gasteiger partial charge in [-0.1, -0.05) is 22.0 Å². The van der Waals surface area contributed by atoms with Crippen molar-refractivity contribution >= 4 is 21.6 Å². The van der Waals surface area contributed by atoms with Crippen LogP contribution < -0.4 is 5.73 Å². The maximum absolute atomic E-state index is 13.8. The van der Waals surface area contributed by atoms with E-state index in [0.29, 0.717) is 5.69 Å². The lowest BCUT2D eigenvalue weighted by Crippen LogP contribution is -1.95. The van der Waals surface area contributed by atoms with Gasteiger partial charge >= 0.3 is 0 Å². The molecule has 0 bridgehead atoms. The molecular weight excluding hydrogens is 340 g/mol. The zero-order chi connectivity index (χ0) is 15.0. The Labute approximate surface area is 128 Å². The highest BCUT2D eigenvalue weighted by molar-refractivity contribution is 9.10. The smallest absolute Gasteiger partial charge is 0.135 e. The number of hydrogen-bond acceptors (Lipinski definition) is 2. The van der Waals surface area contributed by atoms with Crippen molar-refractivity contribution in [3.63, 3.8) is 0 Å². The second-order valence-corrected chi connectivity index (χ2v) is 5.40. The summed E-state index contributed by atoms with van der Waals surface area (Å²) in [5, 5.41) is 4.29. The SMILES string of the molecule is Nc1cn(-c2cccc(Br)c2)nc1-c1ccc(F)cc1F. The maximum atomic E-state index is 13.8. The van der Waals surface area contributed by atoms with Crippen LogP contribution in [0.1, 0.15) is 0 Å². The van der Waals surface area contributed by atoms with Crippen LogP contribution in [0.5, 0.6) is 0 Å². The molecule has 0 saturated heterocycles. The molecule has 0 spiro atoms. The van der Waals surface area contributed by atoms with Crippen molar-refractivity contribution < 1.29 is 8.78 Å². The molecule has 0 amide bonds. The number of hydrogen-bond donors (Lipinski definition) is 1. The first-order chi connectivity index (χ1) is 10.0. The fraction of sp³-hybridized carbons (Fsp3) is 0. The zero-order valence-corrected chi connectivity index (χ0v) is 12.3. The lowest BCUT2D eigenvalue weighted by Gasteiger charge is -2.02. The summed E-state index contributed by atoms with van der Waals surface area (Å²) in [5.74, 6) is -1.33. The lowest BCUT2D eigenvalue weighted by molar-refractivity contribution is 0.585. The Morgan fingerprint density at radius 1 is 1.10 bits per heavy atom. The topological polar surface area (TPSA) is 43.8 Å². The van der Waals surface area contributed by atoms with E-state index in [9.17, 15) is 8.78 Å². The third kappa shape index (κ3) is 2.67. The number of rotatable bonds is 2. The van der Waals surface area contributed by atoms with E-state index in [1.54, 1.807) is 10.9 Å². The molecule has 0 atom stereocenters. The van der Waals surface area contributed by atoms with Gasteiger partial charge in [-0.2, -0.15) is 5.10 Å². The van der Waals surface area contributed by atoms with E-state index in [-0.39, 0.29) is 11.3 Å². The van der Waals surface area contributed by atoms with E-state index in [1.165, 1.54) is 12.1 Å². The molecule has 0 radical (unpaired) electrons. The highest BCUT2D eigenvalue weighted by atomic mass is 79.9. The van der Waals surface area contributed by atoms with Gasteiger partial charge in [-0.3, -0.25) is 0 Å². The third-order valence-corrected chi connectivity index (χ3v) is 3.49. The lowest BCUT2D eigenvalue weighted by atomic mass is 10.1. The predicted octanol–water partition coefficient (Wildman–Crippen LogP) is 4.16. The minimum atomic E-state index is -0.693. The van der Waals surface area contributed by atoms with Crippen LogP contribution in [0.15, 0.2) is 53.1 Å². The van der Waals surface area contributed by atoms with E-state index < -0.39 is 11.6 Å². The molecule has 0 aliphatic heterocycles. The molecule has 3 nitrogen and oxygen atoms in total. The number of nitrogens with two attached hydrogens (primary N) is 1. The van der Waals surface area contributed by atoms with Gasteiger partial charge in [-0.05, 0) is 30.3 Å². The van der Waals surface area contributed by atoms with Crippen LogP contribution in [-0.4, -0.2) is 9.78 Å². The van der Waals surface area contributed by atoms with Crippen LogP contribution in [0.2, 0.25) is 0 Å². The summed E-state index contributed by atoms with van der Waals surface area (Å²) in [4.78, 5) is 0. The van der Waals surface area contributed by atoms with Crippen LogP contribution in [0.4, 0.5) is 14.5 Å². The third-order valence-electron chi connectivity index (χ3n) is 3.00. The van der Waals surface area contributed by atoms with Crippen LogP contribution in [-0.2, 0) is 0 Å². The summed E-state index contributed by atoms with van der Waals surface area (Å²) >= 11 is 3.38. The number of nitrogen functional groups attached to an aromatic ring is 1. The summed E-state index contributed by atoms with van der Waals surface area (Å²) in [7, 11) is 0. The average molecular weight is 350 g/mol. The first-order valence-electron chi connectivity index (χ1n) is 6.11. The standard InChI is InChI=1S/C15H10BrF2N3/c16-9-2-1-3-11(6-9)21-8-14(19)15(20-21)12-5-4-10(17)7-13(12)18/h1-8H,19H2. The highest BCUT2D eigenvalue weighted by Crippen LogP contribution is 2.28. The van der Waals surface area contributed by atoms with E-state index in [1.807, 2.05) is 24.3 Å². The summed E-state index contributed by atoms with van der Waals surface area (Å²) in [5.41, 5.74) is 7.46. The Kier molecular flexibility index (Phi) is 3.47. The molecule has 1 aromatic heterocycles. The minimum absolute atomic E-state index is 0.169. The maximum Gasteiger partial charge on any atom is 0.135 e. The molecular formula is C15H10BrF2N3. The van der Waals surface area contributed by atoms with Gasteiger partial charge in [-0.25, -0.2) is 13.5 Å². The van der Waals surface area contributed by atoms with Crippen molar-refractivity contribution in [3.8, 4) is 16.9 Å². The second-order valence-electron chi connectivity index (χ2n) is 4.48. The first kappa shape index (κ1) is 13.8. The number of halogens is 3. The Morgan fingerprint density at radius 2 is 1.90 bits per heavy atom. The van der Waals surface area contributed by atoms with Crippen LogP contribution in [0.3, 0.4) is 0 Å². The van der Waals surface area contributed by atoms with Crippen molar-refractivity contribution in [2.75, 3.05) is 5.73 Å². The molecule has 0 aliphatic rings. The Morgan fingerprint density at radius 3 is 2.62 bits per heavy atom. The molecule has 6 heteroatoms. The molecule has 3 aromatic rings. The van der Waals surface area contributed by atoms with Gasteiger partial charge in [0.1, 0.15) is 17.3 Å². The van der Waals surface area contributed by atoms with Crippen LogP contribution >= 0.6 is 15.9 Å². The molecule has 106 valence electrons. The first-order valence-corrected chi connectivity index (χ1v) is 6.90. The largest absolute Gasteiger partial charge is 0.396 e. The fourth-order valence-corrected chi connectivity index (χ4v) is 2.42. The summed E-state index contributed by atoms with van der Waals surface area (Å²) in [6, 6.07) is 10.8. The van der Waals surface area contributed by atoms with Crippen molar-refractivity contribution in [1.29, 1.82) is 0 Å². The Hall–Kier alpha value is -2.21. The van der Waals surface area contributed by atoms with Crippen molar-refractivity contribution in [2.45, 2.75) is 0 Å². The van der Waals surface area contributed by atoms with Gasteiger partial charge < -0.3 is 5.73 Å². The molecule has 0 fully saturated rings. The van der Waals surface area contributed by atoms with Crippen LogP contribution in [0, 0.1) is 11.6 Å². The Bertz CT molecular complexity index is 814. The molecule has 2 aromatic carbocycles. The monoisotopic (exact) mass is 349 g/mol. The van der Waals surface area contributed by atoms with Crippen LogP contribution in [0.25, 0.3) is 16.9 Å². The number of aromatic nitrogens is 2.